The standard InChI is InChI=1S/C11H19NO2/c1-3-12(9-6-7-9)10(8-4-5-8)11(13)14-2/h8-10H,3-7H2,1-2H3. The third-order valence-electron chi connectivity index (χ3n) is 3.25. The second kappa shape index (κ2) is 3.89. The molecule has 2 aliphatic rings. The zero-order chi connectivity index (χ0) is 10.1. The third-order valence-corrected chi connectivity index (χ3v) is 3.25. The van der Waals surface area contributed by atoms with E-state index >= 15 is 0 Å². The van der Waals surface area contributed by atoms with Gasteiger partial charge in [0.1, 0.15) is 6.04 Å². The predicted octanol–water partition coefficient (Wildman–Crippen LogP) is 1.42. The van der Waals surface area contributed by atoms with Crippen molar-refractivity contribution >= 4 is 5.97 Å². The quantitative estimate of drug-likeness (QED) is 0.624. The van der Waals surface area contributed by atoms with Crippen molar-refractivity contribution in [3.05, 3.63) is 0 Å². The lowest BCUT2D eigenvalue weighted by atomic mass is 10.1. The number of carbonyl (C=O) groups is 1. The van der Waals surface area contributed by atoms with E-state index < -0.39 is 0 Å². The fourth-order valence-corrected chi connectivity index (χ4v) is 2.22. The Labute approximate surface area is 85.4 Å². The SMILES string of the molecule is CCN(C1CC1)C(C(=O)OC)C1CC1. The van der Waals surface area contributed by atoms with Crippen LogP contribution < -0.4 is 0 Å². The first-order chi connectivity index (χ1) is 6.77. The lowest BCUT2D eigenvalue weighted by molar-refractivity contribution is -0.148. The molecule has 0 saturated heterocycles. The first-order valence-electron chi connectivity index (χ1n) is 5.61. The van der Waals surface area contributed by atoms with E-state index in [4.69, 9.17) is 4.74 Å². The third kappa shape index (κ3) is 1.92. The Balaban J connectivity index is 2.02. The van der Waals surface area contributed by atoms with Gasteiger partial charge >= 0.3 is 5.97 Å². The molecule has 0 aromatic heterocycles. The first-order valence-corrected chi connectivity index (χ1v) is 5.61. The highest BCUT2D eigenvalue weighted by Gasteiger charge is 2.45. The summed E-state index contributed by atoms with van der Waals surface area (Å²) in [6, 6.07) is 0.710. The molecule has 0 N–H and O–H groups in total. The molecule has 0 bridgehead atoms. The van der Waals surface area contributed by atoms with E-state index in [0.29, 0.717) is 12.0 Å². The summed E-state index contributed by atoms with van der Waals surface area (Å²) in [5, 5.41) is 0. The number of nitrogens with zero attached hydrogens (tertiary/aromatic N) is 1. The van der Waals surface area contributed by atoms with Crippen LogP contribution in [0.15, 0.2) is 0 Å². The molecule has 1 atom stereocenters. The minimum absolute atomic E-state index is 0.0266. The molecule has 2 aliphatic carbocycles. The molecule has 14 heavy (non-hydrogen) atoms. The largest absolute Gasteiger partial charge is 0.468 e. The molecule has 0 amide bonds. The Morgan fingerprint density at radius 3 is 2.43 bits per heavy atom. The van der Waals surface area contributed by atoms with E-state index in [1.165, 1.54) is 32.8 Å². The summed E-state index contributed by atoms with van der Waals surface area (Å²) in [6.07, 6.45) is 4.91. The predicted molar refractivity (Wildman–Crippen MR) is 53.9 cm³/mol. The number of hydrogen-bond acceptors (Lipinski definition) is 3. The van der Waals surface area contributed by atoms with E-state index in [2.05, 4.69) is 11.8 Å². The van der Waals surface area contributed by atoms with Gasteiger partial charge in [0, 0.05) is 6.04 Å². The minimum atomic E-state index is -0.0266. The zero-order valence-electron chi connectivity index (χ0n) is 9.03. The van der Waals surface area contributed by atoms with Crippen LogP contribution in [-0.4, -0.2) is 36.6 Å². The number of carbonyl (C=O) groups excluding carboxylic acids is 1. The Hall–Kier alpha value is -0.570. The fourth-order valence-electron chi connectivity index (χ4n) is 2.22. The van der Waals surface area contributed by atoms with E-state index in [1.807, 2.05) is 0 Å². The monoisotopic (exact) mass is 197 g/mol. The number of ether oxygens (including phenoxy) is 1. The maximum absolute atomic E-state index is 11.7. The summed E-state index contributed by atoms with van der Waals surface area (Å²) >= 11 is 0. The van der Waals surface area contributed by atoms with Gasteiger partial charge in [-0.2, -0.15) is 0 Å². The van der Waals surface area contributed by atoms with Gasteiger partial charge in [-0.05, 0) is 38.1 Å². The van der Waals surface area contributed by atoms with Gasteiger partial charge in [-0.1, -0.05) is 6.92 Å². The van der Waals surface area contributed by atoms with Gasteiger partial charge in [0.15, 0.2) is 0 Å². The van der Waals surface area contributed by atoms with Crippen molar-refractivity contribution in [3.63, 3.8) is 0 Å². The van der Waals surface area contributed by atoms with Gasteiger partial charge in [-0.15, -0.1) is 0 Å². The molecule has 0 aliphatic heterocycles. The van der Waals surface area contributed by atoms with Crippen molar-refractivity contribution in [3.8, 4) is 0 Å². The Bertz CT molecular complexity index is 221. The van der Waals surface area contributed by atoms with Crippen LogP contribution in [0.1, 0.15) is 32.6 Å². The highest BCUT2D eigenvalue weighted by Crippen LogP contribution is 2.40. The minimum Gasteiger partial charge on any atom is -0.468 e. The van der Waals surface area contributed by atoms with Crippen molar-refractivity contribution in [2.45, 2.75) is 44.7 Å². The lowest BCUT2D eigenvalue weighted by Crippen LogP contribution is -2.44. The van der Waals surface area contributed by atoms with Crippen molar-refractivity contribution in [2.75, 3.05) is 13.7 Å². The van der Waals surface area contributed by atoms with Crippen LogP contribution in [0.25, 0.3) is 0 Å². The molecule has 2 fully saturated rings. The Kier molecular flexibility index (Phi) is 2.77. The summed E-state index contributed by atoms with van der Waals surface area (Å²) in [6.45, 7) is 3.11. The highest BCUT2D eigenvalue weighted by molar-refractivity contribution is 5.76. The molecular formula is C11H19NO2. The van der Waals surface area contributed by atoms with E-state index in [0.717, 1.165) is 6.54 Å². The molecule has 2 rings (SSSR count). The summed E-state index contributed by atoms with van der Waals surface area (Å²) in [7, 11) is 1.50. The molecule has 0 aromatic rings. The van der Waals surface area contributed by atoms with E-state index in [9.17, 15) is 4.79 Å². The number of rotatable bonds is 5. The van der Waals surface area contributed by atoms with Gasteiger partial charge < -0.3 is 4.74 Å². The van der Waals surface area contributed by atoms with Crippen molar-refractivity contribution < 1.29 is 9.53 Å². The topological polar surface area (TPSA) is 29.5 Å². The van der Waals surface area contributed by atoms with Crippen LogP contribution in [0.2, 0.25) is 0 Å². The van der Waals surface area contributed by atoms with Crippen LogP contribution in [0.5, 0.6) is 0 Å². The summed E-state index contributed by atoms with van der Waals surface area (Å²) in [4.78, 5) is 14.0. The molecule has 0 spiro atoms. The second-order valence-corrected chi connectivity index (χ2v) is 4.37. The lowest BCUT2D eigenvalue weighted by Gasteiger charge is -2.28. The van der Waals surface area contributed by atoms with Gasteiger partial charge in [-0.3, -0.25) is 9.69 Å². The molecular weight excluding hydrogens is 178 g/mol. The van der Waals surface area contributed by atoms with Gasteiger partial charge in [0.25, 0.3) is 0 Å². The van der Waals surface area contributed by atoms with Crippen molar-refractivity contribution in [2.24, 2.45) is 5.92 Å². The molecule has 3 nitrogen and oxygen atoms in total. The number of likely N-dealkylation sites (N-methyl/N-ethyl adjacent to an activating group) is 1. The molecule has 0 heterocycles. The second-order valence-electron chi connectivity index (χ2n) is 4.37. The molecule has 0 aromatic carbocycles. The molecule has 3 heteroatoms. The van der Waals surface area contributed by atoms with Crippen LogP contribution in [-0.2, 0) is 9.53 Å². The Morgan fingerprint density at radius 1 is 1.43 bits per heavy atom. The number of methoxy groups -OCH3 is 1. The summed E-state index contributed by atoms with van der Waals surface area (Å²) in [5.41, 5.74) is 0. The average molecular weight is 197 g/mol. The van der Waals surface area contributed by atoms with Crippen LogP contribution in [0, 0.1) is 5.92 Å². The summed E-state index contributed by atoms with van der Waals surface area (Å²) < 4.78 is 4.89. The molecule has 2 saturated carbocycles. The van der Waals surface area contributed by atoms with Crippen LogP contribution in [0.4, 0.5) is 0 Å². The van der Waals surface area contributed by atoms with Crippen molar-refractivity contribution in [1.29, 1.82) is 0 Å². The van der Waals surface area contributed by atoms with Crippen LogP contribution in [0.3, 0.4) is 0 Å². The Morgan fingerprint density at radius 2 is 2.07 bits per heavy atom. The molecule has 1 unspecified atom stereocenters. The van der Waals surface area contributed by atoms with Gasteiger partial charge in [0.2, 0.25) is 0 Å². The van der Waals surface area contributed by atoms with Crippen LogP contribution >= 0.6 is 0 Å². The smallest absolute Gasteiger partial charge is 0.323 e. The summed E-state index contributed by atoms with van der Waals surface area (Å²) in [5.74, 6) is 0.546. The van der Waals surface area contributed by atoms with Crippen molar-refractivity contribution in [1.82, 2.24) is 4.90 Å². The number of hydrogen-bond donors (Lipinski definition) is 0. The first kappa shape index (κ1) is 9.97. The molecule has 0 radical (unpaired) electrons. The van der Waals surface area contributed by atoms with E-state index in [1.54, 1.807) is 0 Å². The van der Waals surface area contributed by atoms with Gasteiger partial charge in [-0.25, -0.2) is 0 Å². The zero-order valence-corrected chi connectivity index (χ0v) is 9.03. The fraction of sp³-hybridized carbons (Fsp3) is 0.909. The maximum Gasteiger partial charge on any atom is 0.323 e. The normalized spacial score (nSPS) is 23.6. The average Bonchev–Trinajstić information content (AvgIpc) is 3.03. The maximum atomic E-state index is 11.7. The molecule has 80 valence electrons. The number of esters is 1. The van der Waals surface area contributed by atoms with Gasteiger partial charge in [0.05, 0.1) is 7.11 Å². The highest BCUT2D eigenvalue weighted by atomic mass is 16.5. The van der Waals surface area contributed by atoms with E-state index in [-0.39, 0.29) is 12.0 Å².